The Kier molecular flexibility index (Phi) is 5.41. The summed E-state index contributed by atoms with van der Waals surface area (Å²) in [6, 6.07) is 16.1. The predicted molar refractivity (Wildman–Crippen MR) is 142 cm³/mol. The third-order valence-corrected chi connectivity index (χ3v) is 8.31. The highest BCUT2D eigenvalue weighted by molar-refractivity contribution is 7.15. The lowest BCUT2D eigenvalue weighted by atomic mass is 9.81. The SMILES string of the molecule is Cc1nc(C)c(-c2ccc3cc(-c4[nH]c5cc(C(=O)O)ccc5c4C4CCCCC4)ccc3n2)s1. The van der Waals surface area contributed by atoms with Crippen LogP contribution in [0.3, 0.4) is 0 Å². The van der Waals surface area contributed by atoms with Gasteiger partial charge in [-0.3, -0.25) is 0 Å². The van der Waals surface area contributed by atoms with Crippen molar-refractivity contribution in [1.82, 2.24) is 15.0 Å². The predicted octanol–water partition coefficient (Wildman–Crippen LogP) is 7.87. The Bertz CT molecular complexity index is 1590. The van der Waals surface area contributed by atoms with Gasteiger partial charge in [-0.2, -0.15) is 0 Å². The zero-order valence-electron chi connectivity index (χ0n) is 19.9. The van der Waals surface area contributed by atoms with Crippen molar-refractivity contribution in [3.63, 3.8) is 0 Å². The number of carboxylic acid groups (broad SMARTS) is 1. The van der Waals surface area contributed by atoms with E-state index in [-0.39, 0.29) is 0 Å². The molecule has 1 aliphatic carbocycles. The number of aromatic amines is 1. The van der Waals surface area contributed by atoms with Crippen LogP contribution in [0.5, 0.6) is 0 Å². The lowest BCUT2D eigenvalue weighted by molar-refractivity contribution is 0.0697. The number of nitrogens with zero attached hydrogens (tertiary/aromatic N) is 2. The summed E-state index contributed by atoms with van der Waals surface area (Å²) in [4.78, 5) is 25.8. The second-order valence-electron chi connectivity index (χ2n) is 9.57. The lowest BCUT2D eigenvalue weighted by Crippen LogP contribution is -2.05. The van der Waals surface area contributed by atoms with Crippen LogP contribution >= 0.6 is 11.3 Å². The first-order chi connectivity index (χ1) is 17.0. The van der Waals surface area contributed by atoms with E-state index in [2.05, 4.69) is 40.3 Å². The molecule has 6 rings (SSSR count). The van der Waals surface area contributed by atoms with Gasteiger partial charge in [0, 0.05) is 22.0 Å². The molecule has 1 saturated carbocycles. The van der Waals surface area contributed by atoms with Gasteiger partial charge in [-0.25, -0.2) is 14.8 Å². The molecular formula is C29H27N3O2S. The molecule has 5 aromatic rings. The molecule has 1 fully saturated rings. The number of H-pyrrole nitrogens is 1. The molecule has 5 nitrogen and oxygen atoms in total. The topological polar surface area (TPSA) is 78.9 Å². The van der Waals surface area contributed by atoms with Gasteiger partial charge in [-0.05, 0) is 74.1 Å². The zero-order valence-corrected chi connectivity index (χ0v) is 20.7. The molecule has 176 valence electrons. The Morgan fingerprint density at radius 2 is 1.83 bits per heavy atom. The first kappa shape index (κ1) is 22.0. The van der Waals surface area contributed by atoms with Crippen LogP contribution in [0.4, 0.5) is 0 Å². The molecule has 0 radical (unpaired) electrons. The van der Waals surface area contributed by atoms with Crippen LogP contribution in [0.2, 0.25) is 0 Å². The molecule has 6 heteroatoms. The monoisotopic (exact) mass is 481 g/mol. The van der Waals surface area contributed by atoms with Crippen molar-refractivity contribution in [2.24, 2.45) is 0 Å². The van der Waals surface area contributed by atoms with E-state index in [9.17, 15) is 9.90 Å². The average Bonchev–Trinajstić information content (AvgIpc) is 3.42. The highest BCUT2D eigenvalue weighted by Gasteiger charge is 2.24. The molecule has 0 amide bonds. The normalized spacial score (nSPS) is 14.7. The average molecular weight is 482 g/mol. The van der Waals surface area contributed by atoms with Crippen LogP contribution < -0.4 is 0 Å². The summed E-state index contributed by atoms with van der Waals surface area (Å²) in [5.74, 6) is -0.418. The fourth-order valence-corrected chi connectivity index (χ4v) is 6.46. The number of aromatic nitrogens is 3. The number of nitrogens with one attached hydrogen (secondary N) is 1. The maximum Gasteiger partial charge on any atom is 0.335 e. The van der Waals surface area contributed by atoms with Crippen molar-refractivity contribution < 1.29 is 9.90 Å². The van der Waals surface area contributed by atoms with Gasteiger partial charge in [0.15, 0.2) is 0 Å². The van der Waals surface area contributed by atoms with Gasteiger partial charge in [-0.15, -0.1) is 11.3 Å². The summed E-state index contributed by atoms with van der Waals surface area (Å²) < 4.78 is 0. The lowest BCUT2D eigenvalue weighted by Gasteiger charge is -2.23. The number of rotatable bonds is 4. The number of aryl methyl sites for hydroxylation is 2. The van der Waals surface area contributed by atoms with Gasteiger partial charge in [0.2, 0.25) is 0 Å². The van der Waals surface area contributed by atoms with Crippen molar-refractivity contribution in [1.29, 1.82) is 0 Å². The number of benzene rings is 2. The van der Waals surface area contributed by atoms with E-state index in [1.165, 1.54) is 37.7 Å². The Balaban J connectivity index is 1.48. The maximum atomic E-state index is 11.6. The van der Waals surface area contributed by atoms with E-state index in [0.717, 1.165) is 54.3 Å². The first-order valence-corrected chi connectivity index (χ1v) is 13.0. The smallest absolute Gasteiger partial charge is 0.335 e. The van der Waals surface area contributed by atoms with Crippen LogP contribution in [-0.2, 0) is 0 Å². The van der Waals surface area contributed by atoms with Crippen LogP contribution in [0, 0.1) is 13.8 Å². The van der Waals surface area contributed by atoms with E-state index >= 15 is 0 Å². The summed E-state index contributed by atoms with van der Waals surface area (Å²) in [7, 11) is 0. The summed E-state index contributed by atoms with van der Waals surface area (Å²) in [5.41, 5.74) is 7.70. The second-order valence-corrected chi connectivity index (χ2v) is 10.8. The second kappa shape index (κ2) is 8.61. The quantitative estimate of drug-likeness (QED) is 0.274. The molecule has 3 heterocycles. The minimum absolute atomic E-state index is 0.310. The van der Waals surface area contributed by atoms with Crippen LogP contribution in [-0.4, -0.2) is 26.0 Å². The van der Waals surface area contributed by atoms with E-state index < -0.39 is 5.97 Å². The first-order valence-electron chi connectivity index (χ1n) is 12.2. The van der Waals surface area contributed by atoms with Crippen molar-refractivity contribution in [2.45, 2.75) is 51.9 Å². The molecule has 0 aliphatic heterocycles. The van der Waals surface area contributed by atoms with Gasteiger partial charge in [0.1, 0.15) is 0 Å². The summed E-state index contributed by atoms with van der Waals surface area (Å²) in [6.07, 6.45) is 6.12. The number of aromatic carboxylic acids is 1. The molecule has 2 N–H and O–H groups in total. The molecule has 3 aromatic heterocycles. The van der Waals surface area contributed by atoms with Crippen molar-refractivity contribution >= 4 is 39.1 Å². The van der Waals surface area contributed by atoms with Crippen LogP contribution in [0.1, 0.15) is 64.6 Å². The van der Waals surface area contributed by atoms with E-state index in [0.29, 0.717) is 11.5 Å². The van der Waals surface area contributed by atoms with Crippen LogP contribution in [0.25, 0.3) is 43.6 Å². The van der Waals surface area contributed by atoms with Gasteiger partial charge in [0.25, 0.3) is 0 Å². The van der Waals surface area contributed by atoms with E-state index in [1.807, 2.05) is 19.9 Å². The van der Waals surface area contributed by atoms with E-state index in [1.54, 1.807) is 23.5 Å². The highest BCUT2D eigenvalue weighted by atomic mass is 32.1. The third kappa shape index (κ3) is 3.92. The summed E-state index contributed by atoms with van der Waals surface area (Å²) in [6.45, 7) is 4.06. The van der Waals surface area contributed by atoms with Crippen molar-refractivity contribution in [3.8, 4) is 21.8 Å². The molecule has 1 aliphatic rings. The van der Waals surface area contributed by atoms with Crippen LogP contribution in [0.15, 0.2) is 48.5 Å². The molecular weight excluding hydrogens is 454 g/mol. The molecule has 0 bridgehead atoms. The van der Waals surface area contributed by atoms with Gasteiger partial charge >= 0.3 is 5.97 Å². The van der Waals surface area contributed by atoms with Gasteiger partial charge in [-0.1, -0.05) is 37.5 Å². The molecule has 2 aromatic carbocycles. The Morgan fingerprint density at radius 3 is 2.57 bits per heavy atom. The Morgan fingerprint density at radius 1 is 1.00 bits per heavy atom. The maximum absolute atomic E-state index is 11.6. The van der Waals surface area contributed by atoms with Gasteiger partial charge in [0.05, 0.1) is 32.4 Å². The van der Waals surface area contributed by atoms with E-state index in [4.69, 9.17) is 4.98 Å². The minimum Gasteiger partial charge on any atom is -0.478 e. The molecule has 0 spiro atoms. The standard InChI is InChI=1S/C29H27N3O2S/c1-16-28(35-17(2)30-16)24-13-9-19-14-20(10-12-23(19)31-24)27-26(18-6-4-3-5-7-18)22-11-8-21(29(33)34)15-25(22)32-27/h8-15,18,32H,3-7H2,1-2H3,(H,33,34). The number of hydrogen-bond donors (Lipinski definition) is 2. The number of pyridine rings is 1. The largest absolute Gasteiger partial charge is 0.478 e. The fourth-order valence-electron chi connectivity index (χ4n) is 5.57. The number of hydrogen-bond acceptors (Lipinski definition) is 4. The highest BCUT2D eigenvalue weighted by Crippen LogP contribution is 2.43. The number of carboxylic acids is 1. The zero-order chi connectivity index (χ0) is 24.1. The Hall–Kier alpha value is -3.51. The minimum atomic E-state index is -0.902. The molecule has 0 saturated heterocycles. The summed E-state index contributed by atoms with van der Waals surface area (Å²) in [5, 5.41) is 12.8. The third-order valence-electron chi connectivity index (χ3n) is 7.21. The molecule has 35 heavy (non-hydrogen) atoms. The number of carbonyl (C=O) groups is 1. The van der Waals surface area contributed by atoms with Crippen molar-refractivity contribution in [3.05, 3.63) is 70.4 Å². The van der Waals surface area contributed by atoms with Crippen molar-refractivity contribution in [2.75, 3.05) is 0 Å². The number of fused-ring (bicyclic) bond motifs is 2. The molecule has 0 atom stereocenters. The Labute approximate surface area is 207 Å². The molecule has 0 unspecified atom stereocenters. The summed E-state index contributed by atoms with van der Waals surface area (Å²) >= 11 is 1.68. The van der Waals surface area contributed by atoms with Gasteiger partial charge < -0.3 is 10.1 Å². The fraction of sp³-hybridized carbons (Fsp3) is 0.276. The number of thiazole rings is 1.